The molecule has 0 saturated heterocycles. The minimum atomic E-state index is -0.336. The number of hydrogen-bond acceptors (Lipinski definition) is 5. The molecular weight excluding hydrogens is 394 g/mol. The Morgan fingerprint density at radius 3 is 2.45 bits per heavy atom. The van der Waals surface area contributed by atoms with E-state index < -0.39 is 0 Å². The molecule has 8 heteroatoms. The topological polar surface area (TPSA) is 88.7 Å². The number of hydrogen-bond donors (Lipinski definition) is 3. The number of carbonyl (C=O) groups excluding carboxylic acids is 2. The molecule has 0 saturated carbocycles. The predicted molar refractivity (Wildman–Crippen MR) is 115 cm³/mol. The molecular formula is C21H26ClN3O4. The zero-order valence-corrected chi connectivity index (χ0v) is 17.6. The van der Waals surface area contributed by atoms with E-state index in [0.29, 0.717) is 41.1 Å². The molecule has 0 heterocycles. The fraction of sp³-hybridized carbons (Fsp3) is 0.333. The number of benzene rings is 2. The van der Waals surface area contributed by atoms with E-state index in [0.717, 1.165) is 5.56 Å². The van der Waals surface area contributed by atoms with E-state index >= 15 is 0 Å². The van der Waals surface area contributed by atoms with E-state index in [2.05, 4.69) is 16.0 Å². The van der Waals surface area contributed by atoms with Gasteiger partial charge in [-0.2, -0.15) is 0 Å². The maximum Gasteiger partial charge on any atom is 0.243 e. The van der Waals surface area contributed by atoms with Crippen molar-refractivity contribution in [2.24, 2.45) is 0 Å². The van der Waals surface area contributed by atoms with E-state index in [1.165, 1.54) is 0 Å². The summed E-state index contributed by atoms with van der Waals surface area (Å²) < 4.78 is 11.0. The van der Waals surface area contributed by atoms with Crippen LogP contribution in [0.25, 0.3) is 0 Å². The molecule has 2 rings (SSSR count). The molecule has 0 radical (unpaired) electrons. The van der Waals surface area contributed by atoms with Crippen LogP contribution in [-0.2, 0) is 9.59 Å². The van der Waals surface area contributed by atoms with Gasteiger partial charge in [-0.3, -0.25) is 9.59 Å². The maximum absolute atomic E-state index is 12.1. The molecule has 156 valence electrons. The summed E-state index contributed by atoms with van der Waals surface area (Å²) in [7, 11) is 0. The molecule has 0 aliphatic rings. The van der Waals surface area contributed by atoms with Crippen molar-refractivity contribution in [3.05, 3.63) is 47.0 Å². The third kappa shape index (κ3) is 6.87. The lowest BCUT2D eigenvalue weighted by Gasteiger charge is -2.14. The van der Waals surface area contributed by atoms with E-state index in [9.17, 15) is 9.59 Å². The van der Waals surface area contributed by atoms with E-state index in [1.54, 1.807) is 30.3 Å². The summed E-state index contributed by atoms with van der Waals surface area (Å²) in [4.78, 5) is 24.2. The van der Waals surface area contributed by atoms with Gasteiger partial charge in [-0.25, -0.2) is 0 Å². The van der Waals surface area contributed by atoms with Crippen molar-refractivity contribution in [2.45, 2.75) is 20.8 Å². The van der Waals surface area contributed by atoms with Crippen LogP contribution in [-0.4, -0.2) is 38.1 Å². The van der Waals surface area contributed by atoms with Gasteiger partial charge in [0.15, 0.2) is 0 Å². The molecule has 2 aromatic rings. The van der Waals surface area contributed by atoms with Crippen molar-refractivity contribution in [2.75, 3.05) is 36.9 Å². The first-order chi connectivity index (χ1) is 13.9. The molecule has 0 aliphatic carbocycles. The van der Waals surface area contributed by atoms with Crippen molar-refractivity contribution in [3.8, 4) is 11.5 Å². The molecule has 0 aliphatic heterocycles. The number of anilines is 2. The van der Waals surface area contributed by atoms with Crippen LogP contribution in [0.1, 0.15) is 19.4 Å². The van der Waals surface area contributed by atoms with Crippen molar-refractivity contribution >= 4 is 34.8 Å². The SMILES string of the molecule is CCOc1ccc(OCC)c(NCC(=O)NCC(=O)Nc2cccc(Cl)c2C)c1. The molecule has 0 unspecified atom stereocenters. The number of carbonyl (C=O) groups is 2. The molecule has 0 aromatic heterocycles. The number of nitrogens with one attached hydrogen (secondary N) is 3. The zero-order valence-electron chi connectivity index (χ0n) is 16.8. The van der Waals surface area contributed by atoms with Crippen LogP contribution in [0.3, 0.4) is 0 Å². The van der Waals surface area contributed by atoms with Gasteiger partial charge in [-0.15, -0.1) is 0 Å². The van der Waals surface area contributed by atoms with Crippen molar-refractivity contribution in [3.63, 3.8) is 0 Å². The average molecular weight is 420 g/mol. The first-order valence-electron chi connectivity index (χ1n) is 9.39. The lowest BCUT2D eigenvalue weighted by molar-refractivity contribution is -0.122. The summed E-state index contributed by atoms with van der Waals surface area (Å²) in [5, 5.41) is 8.90. The van der Waals surface area contributed by atoms with Crippen LogP contribution >= 0.6 is 11.6 Å². The Hall–Kier alpha value is -2.93. The highest BCUT2D eigenvalue weighted by Crippen LogP contribution is 2.29. The Labute approximate surface area is 175 Å². The number of rotatable bonds is 10. The lowest BCUT2D eigenvalue weighted by Crippen LogP contribution is -2.36. The van der Waals surface area contributed by atoms with Crippen LogP contribution < -0.4 is 25.4 Å². The van der Waals surface area contributed by atoms with Crippen LogP contribution in [0.2, 0.25) is 5.02 Å². The summed E-state index contributed by atoms with van der Waals surface area (Å²) in [5.41, 5.74) is 2.03. The minimum Gasteiger partial charge on any atom is -0.494 e. The van der Waals surface area contributed by atoms with Crippen molar-refractivity contribution in [1.29, 1.82) is 0 Å². The first-order valence-corrected chi connectivity index (χ1v) is 9.77. The minimum absolute atomic E-state index is 0.0148. The van der Waals surface area contributed by atoms with Gasteiger partial charge >= 0.3 is 0 Å². The van der Waals surface area contributed by atoms with Crippen LogP contribution in [0.15, 0.2) is 36.4 Å². The van der Waals surface area contributed by atoms with E-state index in [-0.39, 0.29) is 24.9 Å². The largest absolute Gasteiger partial charge is 0.494 e. The molecule has 2 amide bonds. The third-order valence-electron chi connectivity index (χ3n) is 3.99. The molecule has 7 nitrogen and oxygen atoms in total. The maximum atomic E-state index is 12.1. The van der Waals surface area contributed by atoms with Gasteiger partial charge in [0.25, 0.3) is 0 Å². The number of halogens is 1. The Morgan fingerprint density at radius 1 is 0.966 bits per heavy atom. The quantitative estimate of drug-likeness (QED) is 0.547. The van der Waals surface area contributed by atoms with E-state index in [1.807, 2.05) is 26.8 Å². The second kappa shape index (κ2) is 11.2. The number of ether oxygens (including phenoxy) is 2. The van der Waals surface area contributed by atoms with Gasteiger partial charge in [0.2, 0.25) is 11.8 Å². The zero-order chi connectivity index (χ0) is 21.2. The van der Waals surface area contributed by atoms with Gasteiger partial charge in [0.1, 0.15) is 11.5 Å². The average Bonchev–Trinajstić information content (AvgIpc) is 2.70. The fourth-order valence-electron chi connectivity index (χ4n) is 2.54. The Bertz CT molecular complexity index is 858. The van der Waals surface area contributed by atoms with Gasteiger partial charge < -0.3 is 25.4 Å². The Morgan fingerprint density at radius 2 is 1.72 bits per heavy atom. The smallest absolute Gasteiger partial charge is 0.243 e. The number of amides is 2. The second-order valence-electron chi connectivity index (χ2n) is 6.11. The lowest BCUT2D eigenvalue weighted by atomic mass is 10.2. The summed E-state index contributed by atoms with van der Waals surface area (Å²) >= 11 is 6.04. The van der Waals surface area contributed by atoms with Crippen molar-refractivity contribution in [1.82, 2.24) is 5.32 Å². The highest BCUT2D eigenvalue weighted by Gasteiger charge is 2.11. The normalized spacial score (nSPS) is 10.2. The molecule has 0 fully saturated rings. The molecule has 0 bridgehead atoms. The molecule has 29 heavy (non-hydrogen) atoms. The Balaban J connectivity index is 1.87. The molecule has 2 aromatic carbocycles. The summed E-state index contributed by atoms with van der Waals surface area (Å²) in [6, 6.07) is 10.6. The van der Waals surface area contributed by atoms with Crippen LogP contribution in [0.5, 0.6) is 11.5 Å². The molecule has 0 atom stereocenters. The highest BCUT2D eigenvalue weighted by atomic mass is 35.5. The van der Waals surface area contributed by atoms with Gasteiger partial charge in [-0.05, 0) is 50.6 Å². The molecule has 0 spiro atoms. The van der Waals surface area contributed by atoms with Crippen molar-refractivity contribution < 1.29 is 19.1 Å². The standard InChI is InChI=1S/C21H26ClN3O4/c1-4-28-15-9-10-19(29-5-2)18(11-15)23-12-20(26)24-13-21(27)25-17-8-6-7-16(22)14(17)3/h6-11,23H,4-5,12-13H2,1-3H3,(H,24,26)(H,25,27). The summed E-state index contributed by atoms with van der Waals surface area (Å²) in [6.45, 7) is 6.46. The summed E-state index contributed by atoms with van der Waals surface area (Å²) in [5.74, 6) is 0.636. The van der Waals surface area contributed by atoms with Crippen LogP contribution in [0, 0.1) is 6.92 Å². The third-order valence-corrected chi connectivity index (χ3v) is 4.40. The van der Waals surface area contributed by atoms with Gasteiger partial charge in [0.05, 0.1) is 32.0 Å². The fourth-order valence-corrected chi connectivity index (χ4v) is 2.71. The van der Waals surface area contributed by atoms with E-state index in [4.69, 9.17) is 21.1 Å². The predicted octanol–water partition coefficient (Wildman–Crippen LogP) is 3.61. The van der Waals surface area contributed by atoms with Gasteiger partial charge in [-0.1, -0.05) is 17.7 Å². The highest BCUT2D eigenvalue weighted by molar-refractivity contribution is 6.31. The second-order valence-corrected chi connectivity index (χ2v) is 6.52. The van der Waals surface area contributed by atoms with Gasteiger partial charge in [0, 0.05) is 16.8 Å². The first kappa shape index (κ1) is 22.4. The Kier molecular flexibility index (Phi) is 8.61. The summed E-state index contributed by atoms with van der Waals surface area (Å²) in [6.07, 6.45) is 0. The van der Waals surface area contributed by atoms with Crippen LogP contribution in [0.4, 0.5) is 11.4 Å². The monoisotopic (exact) mass is 419 g/mol. The molecule has 3 N–H and O–H groups in total.